The second-order valence-electron chi connectivity index (χ2n) is 4.05. The summed E-state index contributed by atoms with van der Waals surface area (Å²) in [4.78, 5) is 2.46. The fourth-order valence-electron chi connectivity index (χ4n) is 2.64. The van der Waals surface area contributed by atoms with Gasteiger partial charge >= 0.3 is 0 Å². The Morgan fingerprint density at radius 1 is 1.25 bits per heavy atom. The molecule has 2 bridgehead atoms. The molecule has 3 N–H and O–H groups in total. The summed E-state index contributed by atoms with van der Waals surface area (Å²) in [6, 6.07) is 1.52. The minimum absolute atomic E-state index is 0.314. The smallest absolute Gasteiger partial charge is 0.0789 e. The minimum atomic E-state index is -0.314. The molecular formula is C9H18N2O. The summed E-state index contributed by atoms with van der Waals surface area (Å²) in [5.41, 5.74) is 5.38. The van der Waals surface area contributed by atoms with Crippen LogP contribution in [0.25, 0.3) is 0 Å². The van der Waals surface area contributed by atoms with Gasteiger partial charge in [-0.1, -0.05) is 0 Å². The Kier molecular flexibility index (Phi) is 2.35. The number of nitrogens with zero attached hydrogens (tertiary/aromatic N) is 1. The summed E-state index contributed by atoms with van der Waals surface area (Å²) in [5, 5.41) is 9.41. The lowest BCUT2D eigenvalue weighted by atomic mass is 10.0. The van der Waals surface area contributed by atoms with Crippen molar-refractivity contribution in [2.24, 2.45) is 5.73 Å². The first-order valence-electron chi connectivity index (χ1n) is 4.95. The first kappa shape index (κ1) is 8.48. The fraction of sp³-hybridized carbons (Fsp3) is 1.00. The van der Waals surface area contributed by atoms with Gasteiger partial charge in [0.05, 0.1) is 6.10 Å². The molecule has 3 heteroatoms. The van der Waals surface area contributed by atoms with E-state index in [0.29, 0.717) is 6.54 Å². The third kappa shape index (κ3) is 1.37. The Hall–Kier alpha value is -0.120. The van der Waals surface area contributed by atoms with Crippen molar-refractivity contribution in [1.29, 1.82) is 0 Å². The molecule has 0 saturated carbocycles. The molecule has 0 radical (unpaired) electrons. The maximum absolute atomic E-state index is 9.41. The quantitative estimate of drug-likeness (QED) is 0.623. The normalized spacial score (nSPS) is 37.5. The van der Waals surface area contributed by atoms with E-state index in [1.165, 1.54) is 25.7 Å². The van der Waals surface area contributed by atoms with Gasteiger partial charge in [-0.25, -0.2) is 0 Å². The van der Waals surface area contributed by atoms with Crippen LogP contribution in [-0.2, 0) is 0 Å². The summed E-state index contributed by atoms with van der Waals surface area (Å²) in [7, 11) is 0. The Labute approximate surface area is 73.5 Å². The zero-order chi connectivity index (χ0) is 8.55. The van der Waals surface area contributed by atoms with Gasteiger partial charge in [0.2, 0.25) is 0 Å². The Bertz CT molecular complexity index is 143. The molecule has 2 saturated heterocycles. The highest BCUT2D eigenvalue weighted by Gasteiger charge is 2.39. The molecule has 1 atom stereocenters. The Morgan fingerprint density at radius 2 is 1.75 bits per heavy atom. The van der Waals surface area contributed by atoms with Crippen molar-refractivity contribution < 1.29 is 5.11 Å². The van der Waals surface area contributed by atoms with Crippen molar-refractivity contribution >= 4 is 0 Å². The zero-order valence-electron chi connectivity index (χ0n) is 7.45. The van der Waals surface area contributed by atoms with Crippen molar-refractivity contribution in [2.75, 3.05) is 13.1 Å². The van der Waals surface area contributed by atoms with Gasteiger partial charge in [0.15, 0.2) is 0 Å². The summed E-state index contributed by atoms with van der Waals surface area (Å²) in [6.07, 6.45) is 5.03. The van der Waals surface area contributed by atoms with E-state index in [0.717, 1.165) is 18.6 Å². The van der Waals surface area contributed by atoms with Crippen molar-refractivity contribution in [1.82, 2.24) is 4.90 Å². The highest BCUT2D eigenvalue weighted by atomic mass is 16.3. The monoisotopic (exact) mass is 170 g/mol. The van der Waals surface area contributed by atoms with Crippen LogP contribution in [0.3, 0.4) is 0 Å². The van der Waals surface area contributed by atoms with Gasteiger partial charge in [-0.3, -0.25) is 4.90 Å². The van der Waals surface area contributed by atoms with E-state index >= 15 is 0 Å². The summed E-state index contributed by atoms with van der Waals surface area (Å²) >= 11 is 0. The van der Waals surface area contributed by atoms with E-state index in [-0.39, 0.29) is 6.10 Å². The molecule has 70 valence electrons. The highest BCUT2D eigenvalue weighted by Crippen LogP contribution is 2.36. The highest BCUT2D eigenvalue weighted by molar-refractivity contribution is 4.95. The predicted molar refractivity (Wildman–Crippen MR) is 47.8 cm³/mol. The van der Waals surface area contributed by atoms with E-state index in [1.54, 1.807) is 0 Å². The Balaban J connectivity index is 1.88. The first-order valence-corrected chi connectivity index (χ1v) is 4.95. The van der Waals surface area contributed by atoms with Crippen molar-refractivity contribution in [3.8, 4) is 0 Å². The summed E-state index contributed by atoms with van der Waals surface area (Å²) < 4.78 is 0. The Morgan fingerprint density at radius 3 is 2.17 bits per heavy atom. The molecule has 2 heterocycles. The number of aliphatic hydroxyl groups excluding tert-OH is 1. The van der Waals surface area contributed by atoms with E-state index in [9.17, 15) is 5.11 Å². The van der Waals surface area contributed by atoms with Crippen LogP contribution in [0.5, 0.6) is 0 Å². The minimum Gasteiger partial charge on any atom is -0.390 e. The van der Waals surface area contributed by atoms with Gasteiger partial charge in [-0.05, 0) is 25.7 Å². The van der Waals surface area contributed by atoms with Crippen LogP contribution in [0.2, 0.25) is 0 Å². The van der Waals surface area contributed by atoms with E-state index < -0.39 is 0 Å². The molecule has 0 aromatic rings. The van der Waals surface area contributed by atoms with Gasteiger partial charge in [0.25, 0.3) is 0 Å². The number of hydrogen-bond donors (Lipinski definition) is 2. The van der Waals surface area contributed by atoms with Gasteiger partial charge in [0.1, 0.15) is 0 Å². The second kappa shape index (κ2) is 3.32. The zero-order valence-corrected chi connectivity index (χ0v) is 7.45. The topological polar surface area (TPSA) is 49.5 Å². The molecule has 2 rings (SSSR count). The molecule has 0 aromatic heterocycles. The van der Waals surface area contributed by atoms with Crippen molar-refractivity contribution in [3.05, 3.63) is 0 Å². The number of nitrogens with two attached hydrogens (primary N) is 1. The third-order valence-electron chi connectivity index (χ3n) is 3.30. The molecular weight excluding hydrogens is 152 g/mol. The molecule has 0 aliphatic carbocycles. The van der Waals surface area contributed by atoms with Crippen molar-refractivity contribution in [3.63, 3.8) is 0 Å². The molecule has 2 fully saturated rings. The lowest BCUT2D eigenvalue weighted by molar-refractivity contribution is 0.109. The molecule has 0 amide bonds. The number of fused-ring (bicyclic) bond motifs is 2. The predicted octanol–water partition coefficient (Wildman–Crippen LogP) is -0.0672. The van der Waals surface area contributed by atoms with Gasteiger partial charge < -0.3 is 10.8 Å². The lowest BCUT2D eigenvalue weighted by Crippen LogP contribution is -2.39. The summed E-state index contributed by atoms with van der Waals surface area (Å²) in [6.45, 7) is 1.20. The maximum Gasteiger partial charge on any atom is 0.0789 e. The van der Waals surface area contributed by atoms with Gasteiger partial charge in [0, 0.05) is 25.2 Å². The molecule has 2 aliphatic rings. The molecule has 2 aliphatic heterocycles. The molecule has 0 aromatic carbocycles. The van der Waals surface area contributed by atoms with Crippen LogP contribution in [0.15, 0.2) is 0 Å². The fourth-order valence-corrected chi connectivity index (χ4v) is 2.64. The van der Waals surface area contributed by atoms with Crippen LogP contribution in [0.1, 0.15) is 25.7 Å². The third-order valence-corrected chi connectivity index (χ3v) is 3.30. The van der Waals surface area contributed by atoms with Gasteiger partial charge in [-0.15, -0.1) is 0 Å². The second-order valence-corrected chi connectivity index (χ2v) is 4.05. The molecule has 12 heavy (non-hydrogen) atoms. The van der Waals surface area contributed by atoms with Crippen molar-refractivity contribution in [2.45, 2.75) is 43.9 Å². The van der Waals surface area contributed by atoms with Gasteiger partial charge in [-0.2, -0.15) is 0 Å². The first-order chi connectivity index (χ1) is 5.81. The maximum atomic E-state index is 9.41. The van der Waals surface area contributed by atoms with E-state index in [4.69, 9.17) is 5.73 Å². The lowest BCUT2D eigenvalue weighted by Gasteiger charge is -2.23. The average Bonchev–Trinajstić information content (AvgIpc) is 2.65. The molecule has 3 nitrogen and oxygen atoms in total. The largest absolute Gasteiger partial charge is 0.390 e. The number of rotatable bonds is 3. The number of hydrogen-bond acceptors (Lipinski definition) is 3. The van der Waals surface area contributed by atoms with E-state index in [2.05, 4.69) is 4.90 Å². The SMILES string of the molecule is NCC(O)CN1C2CCC1CC2. The molecule has 1 unspecified atom stereocenters. The van der Waals surface area contributed by atoms with Crippen LogP contribution >= 0.6 is 0 Å². The number of aliphatic hydroxyl groups is 1. The van der Waals surface area contributed by atoms with Crippen LogP contribution in [0.4, 0.5) is 0 Å². The standard InChI is InChI=1S/C9H18N2O/c10-5-9(12)6-11-7-1-2-8(11)4-3-7/h7-9,12H,1-6,10H2. The van der Waals surface area contributed by atoms with E-state index in [1.807, 2.05) is 0 Å². The average molecular weight is 170 g/mol. The molecule has 0 spiro atoms. The van der Waals surface area contributed by atoms with Crippen LogP contribution < -0.4 is 5.73 Å². The van der Waals surface area contributed by atoms with Crippen LogP contribution in [-0.4, -0.2) is 41.3 Å². The summed E-state index contributed by atoms with van der Waals surface area (Å²) in [5.74, 6) is 0. The van der Waals surface area contributed by atoms with Crippen LogP contribution in [0, 0.1) is 0 Å².